The van der Waals surface area contributed by atoms with Crippen LogP contribution >= 0.6 is 24.0 Å². The fourth-order valence-electron chi connectivity index (χ4n) is 4.13. The van der Waals surface area contributed by atoms with Crippen LogP contribution in [0.5, 0.6) is 0 Å². The lowest BCUT2D eigenvalue weighted by atomic mass is 10.0. The smallest absolute Gasteiger partial charge is 0.270 e. The van der Waals surface area contributed by atoms with E-state index >= 15 is 0 Å². The Bertz CT molecular complexity index is 1030. The van der Waals surface area contributed by atoms with Crippen LogP contribution in [0.15, 0.2) is 9.70 Å². The van der Waals surface area contributed by atoms with Gasteiger partial charge in [0.25, 0.3) is 11.5 Å². The predicted molar refractivity (Wildman–Crippen MR) is 135 cm³/mol. The van der Waals surface area contributed by atoms with Gasteiger partial charge in [0.2, 0.25) is 0 Å². The number of hydrogen-bond acceptors (Lipinski definition) is 7. The van der Waals surface area contributed by atoms with E-state index in [0.717, 1.165) is 63.2 Å². The maximum absolute atomic E-state index is 13.1. The number of thiocarbonyl (C=S) groups is 1. The van der Waals surface area contributed by atoms with Gasteiger partial charge >= 0.3 is 0 Å². The number of carbonyl (C=O) groups excluding carboxylic acids is 1. The molecule has 0 saturated carbocycles. The molecule has 172 valence electrons. The average molecular weight is 474 g/mol. The number of carbonyl (C=O) groups is 1. The topological polar surface area (TPSA) is 72.6 Å². The fourth-order valence-corrected chi connectivity index (χ4v) is 5.42. The normalized spacial score (nSPS) is 18.7. The van der Waals surface area contributed by atoms with Gasteiger partial charge in [-0.3, -0.25) is 19.1 Å². The second kappa shape index (κ2) is 10.6. The summed E-state index contributed by atoms with van der Waals surface area (Å²) in [7, 11) is 3.78. The van der Waals surface area contributed by atoms with E-state index in [2.05, 4.69) is 29.8 Å². The van der Waals surface area contributed by atoms with E-state index < -0.39 is 0 Å². The van der Waals surface area contributed by atoms with E-state index in [0.29, 0.717) is 21.3 Å². The number of nitrogens with zero attached hydrogens (tertiary/aromatic N) is 5. The highest BCUT2D eigenvalue weighted by molar-refractivity contribution is 8.26. The largest absolute Gasteiger partial charge is 0.355 e. The van der Waals surface area contributed by atoms with Gasteiger partial charge in [0.15, 0.2) is 0 Å². The van der Waals surface area contributed by atoms with Crippen molar-refractivity contribution in [2.75, 3.05) is 44.7 Å². The Morgan fingerprint density at radius 2 is 1.81 bits per heavy atom. The third-order valence-corrected chi connectivity index (χ3v) is 7.53. The summed E-state index contributed by atoms with van der Waals surface area (Å²) in [4.78, 5) is 32.6. The van der Waals surface area contributed by atoms with Crippen molar-refractivity contribution in [3.63, 3.8) is 0 Å². The summed E-state index contributed by atoms with van der Waals surface area (Å²) in [6.45, 7) is 7.88. The molecule has 2 saturated heterocycles. The molecule has 3 rings (SSSR count). The summed E-state index contributed by atoms with van der Waals surface area (Å²) in [5.41, 5.74) is 1.17. The van der Waals surface area contributed by atoms with Crippen LogP contribution in [0.2, 0.25) is 0 Å². The van der Waals surface area contributed by atoms with Crippen LogP contribution in [0.25, 0.3) is 6.08 Å². The first-order chi connectivity index (χ1) is 15.3. The molecule has 1 aromatic heterocycles. The number of unbranched alkanes of at least 4 members (excludes halogenated alkanes) is 3. The Morgan fingerprint density at radius 1 is 1.12 bits per heavy atom. The first-order valence-corrected chi connectivity index (χ1v) is 12.3. The highest BCUT2D eigenvalue weighted by Crippen LogP contribution is 2.36. The molecule has 32 heavy (non-hydrogen) atoms. The van der Waals surface area contributed by atoms with Crippen LogP contribution in [-0.2, 0) is 11.8 Å². The summed E-state index contributed by atoms with van der Waals surface area (Å²) >= 11 is 6.79. The number of rotatable bonds is 7. The maximum Gasteiger partial charge on any atom is 0.270 e. The maximum atomic E-state index is 13.1. The van der Waals surface area contributed by atoms with E-state index in [-0.39, 0.29) is 17.0 Å². The van der Waals surface area contributed by atoms with Gasteiger partial charge in [-0.15, -0.1) is 0 Å². The molecule has 0 bridgehead atoms. The van der Waals surface area contributed by atoms with E-state index in [9.17, 15) is 14.9 Å². The number of thioether (sulfide) groups is 1. The average Bonchev–Trinajstić information content (AvgIpc) is 3.03. The lowest BCUT2D eigenvalue weighted by Crippen LogP contribution is -2.46. The Hall–Kier alpha value is -2.15. The van der Waals surface area contributed by atoms with Gasteiger partial charge in [-0.2, -0.15) is 5.26 Å². The van der Waals surface area contributed by atoms with E-state index in [1.807, 2.05) is 6.08 Å². The summed E-state index contributed by atoms with van der Waals surface area (Å²) < 4.78 is 2.12. The second-order valence-corrected chi connectivity index (χ2v) is 10.1. The minimum absolute atomic E-state index is 0.0902. The van der Waals surface area contributed by atoms with Gasteiger partial charge < -0.3 is 9.80 Å². The van der Waals surface area contributed by atoms with Crippen molar-refractivity contribution in [3.8, 4) is 6.07 Å². The Kier molecular flexibility index (Phi) is 8.15. The monoisotopic (exact) mass is 473 g/mol. The minimum atomic E-state index is -0.306. The van der Waals surface area contributed by atoms with E-state index in [1.54, 1.807) is 23.4 Å². The zero-order valence-corrected chi connectivity index (χ0v) is 20.9. The number of pyridine rings is 1. The van der Waals surface area contributed by atoms with Crippen LogP contribution in [0.3, 0.4) is 0 Å². The van der Waals surface area contributed by atoms with Crippen LogP contribution in [-0.4, -0.2) is 64.4 Å². The third kappa shape index (κ3) is 4.92. The molecule has 7 nitrogen and oxygen atoms in total. The first-order valence-electron chi connectivity index (χ1n) is 11.1. The summed E-state index contributed by atoms with van der Waals surface area (Å²) in [5.74, 6) is 0.667. The van der Waals surface area contributed by atoms with Crippen LogP contribution in [0, 0.1) is 18.3 Å². The molecule has 0 unspecified atom stereocenters. The Labute approximate surface area is 199 Å². The fraction of sp³-hybridized carbons (Fsp3) is 0.565. The summed E-state index contributed by atoms with van der Waals surface area (Å²) in [6.07, 6.45) is 6.12. The van der Waals surface area contributed by atoms with E-state index in [1.165, 1.54) is 11.8 Å². The molecular formula is C23H31N5O2S2. The van der Waals surface area contributed by atoms with Crippen molar-refractivity contribution in [1.29, 1.82) is 5.26 Å². The summed E-state index contributed by atoms with van der Waals surface area (Å²) in [5, 5.41) is 9.62. The molecule has 1 aromatic rings. The molecule has 0 radical (unpaired) electrons. The highest BCUT2D eigenvalue weighted by atomic mass is 32.2. The van der Waals surface area contributed by atoms with Crippen molar-refractivity contribution in [3.05, 3.63) is 31.9 Å². The van der Waals surface area contributed by atoms with Gasteiger partial charge in [-0.05, 0) is 32.0 Å². The van der Waals surface area contributed by atoms with Gasteiger partial charge in [0, 0.05) is 45.3 Å². The molecule has 2 aliphatic rings. The van der Waals surface area contributed by atoms with Crippen molar-refractivity contribution in [2.24, 2.45) is 7.05 Å². The zero-order valence-electron chi connectivity index (χ0n) is 19.3. The standard InChI is InChI=1S/C23H31N5O2S2/c1-5-6-7-8-9-28-22(30)19(32-23(28)31)14-17-16(2)18(15-24)21(29)26(4)20(17)27-12-10-25(3)11-13-27/h14H,5-13H2,1-4H3/b19-14-. The minimum Gasteiger partial charge on any atom is -0.355 e. The lowest BCUT2D eigenvalue weighted by Gasteiger charge is -2.36. The molecule has 2 aliphatic heterocycles. The first kappa shape index (κ1) is 24.5. The van der Waals surface area contributed by atoms with Crippen LogP contribution in [0.4, 0.5) is 5.82 Å². The quantitative estimate of drug-likeness (QED) is 0.342. The van der Waals surface area contributed by atoms with Crippen molar-refractivity contribution < 1.29 is 4.79 Å². The molecule has 3 heterocycles. The third-order valence-electron chi connectivity index (χ3n) is 6.16. The highest BCUT2D eigenvalue weighted by Gasteiger charge is 2.33. The van der Waals surface area contributed by atoms with E-state index in [4.69, 9.17) is 12.2 Å². The zero-order chi connectivity index (χ0) is 23.4. The van der Waals surface area contributed by atoms with Gasteiger partial charge in [0.05, 0.1) is 4.91 Å². The van der Waals surface area contributed by atoms with Crippen molar-refractivity contribution >= 4 is 46.1 Å². The lowest BCUT2D eigenvalue weighted by molar-refractivity contribution is -0.122. The SMILES string of the molecule is CCCCCCN1C(=O)/C(=C/c2c(C)c(C#N)c(=O)n(C)c2N2CCN(C)CC2)SC1=S. The van der Waals surface area contributed by atoms with Crippen molar-refractivity contribution in [2.45, 2.75) is 39.5 Å². The number of anilines is 1. The Morgan fingerprint density at radius 3 is 2.44 bits per heavy atom. The molecule has 2 fully saturated rings. The van der Waals surface area contributed by atoms with Crippen molar-refractivity contribution in [1.82, 2.24) is 14.4 Å². The van der Waals surface area contributed by atoms with Gasteiger partial charge in [-0.25, -0.2) is 0 Å². The molecule has 0 spiro atoms. The second-order valence-electron chi connectivity index (χ2n) is 8.40. The van der Waals surface area contributed by atoms with Gasteiger partial charge in [0.1, 0.15) is 21.8 Å². The molecule has 1 amide bonds. The molecule has 0 atom stereocenters. The number of hydrogen-bond donors (Lipinski definition) is 0. The van der Waals surface area contributed by atoms with Gasteiger partial charge in [-0.1, -0.05) is 50.2 Å². The molecule has 9 heteroatoms. The summed E-state index contributed by atoms with van der Waals surface area (Å²) in [6, 6.07) is 2.06. The Balaban J connectivity index is 2.01. The molecule has 0 aliphatic carbocycles. The number of likely N-dealkylation sites (N-methyl/N-ethyl adjacent to an activating group) is 1. The number of amides is 1. The molecular weight excluding hydrogens is 442 g/mol. The number of piperazine rings is 1. The number of aromatic nitrogens is 1. The van der Waals surface area contributed by atoms with Crippen LogP contribution in [0.1, 0.15) is 49.3 Å². The molecule has 0 N–H and O–H groups in total. The number of nitriles is 1. The molecule has 0 aromatic carbocycles. The van der Waals surface area contributed by atoms with Crippen LogP contribution < -0.4 is 10.5 Å². The predicted octanol–water partition coefficient (Wildman–Crippen LogP) is 3.10.